The molecule has 9 nitrogen and oxygen atoms in total. The molecule has 0 fully saturated rings. The zero-order chi connectivity index (χ0) is 31.1. The predicted molar refractivity (Wildman–Crippen MR) is 164 cm³/mol. The van der Waals surface area contributed by atoms with E-state index in [0.29, 0.717) is 37.8 Å². The third-order valence-corrected chi connectivity index (χ3v) is 7.04. The van der Waals surface area contributed by atoms with Crippen molar-refractivity contribution in [3.8, 4) is 5.75 Å². The molecule has 1 aliphatic heterocycles. The number of anilines is 1. The molecule has 42 heavy (non-hydrogen) atoms. The molecule has 1 heterocycles. The number of phenols is 1. The summed E-state index contributed by atoms with van der Waals surface area (Å²) in [5, 5.41) is 26.9. The largest absolute Gasteiger partial charge is 0.508 e. The Bertz CT molecular complexity index is 1170. The van der Waals surface area contributed by atoms with E-state index in [-0.39, 0.29) is 24.0 Å². The third kappa shape index (κ3) is 12.0. The smallest absolute Gasteiger partial charge is 0.328 e. The minimum Gasteiger partial charge on any atom is -0.508 e. The van der Waals surface area contributed by atoms with Gasteiger partial charge in [-0.3, -0.25) is 9.59 Å². The molecule has 2 bridgehead atoms. The van der Waals surface area contributed by atoms with E-state index in [2.05, 4.69) is 10.6 Å². The van der Waals surface area contributed by atoms with Gasteiger partial charge in [0, 0.05) is 37.6 Å². The van der Waals surface area contributed by atoms with Crippen LogP contribution < -0.4 is 10.6 Å². The molecule has 230 valence electrons. The van der Waals surface area contributed by atoms with Crippen LogP contribution >= 0.6 is 0 Å². The molecular weight excluding hydrogens is 536 g/mol. The molecule has 2 amide bonds. The van der Waals surface area contributed by atoms with E-state index >= 15 is 0 Å². The van der Waals surface area contributed by atoms with E-state index in [0.717, 1.165) is 11.1 Å². The molecule has 1 aromatic carbocycles. The second-order valence-electron chi connectivity index (χ2n) is 10.7. The van der Waals surface area contributed by atoms with E-state index in [4.69, 9.17) is 9.47 Å². The van der Waals surface area contributed by atoms with Crippen molar-refractivity contribution in [3.63, 3.8) is 0 Å². The lowest BCUT2D eigenvalue weighted by molar-refractivity contribution is -0.156. The zero-order valence-corrected chi connectivity index (χ0v) is 25.3. The number of nitrogens with one attached hydrogen (secondary N) is 2. The zero-order valence-electron chi connectivity index (χ0n) is 25.3. The summed E-state index contributed by atoms with van der Waals surface area (Å²) >= 11 is 0. The number of carbonyl (C=O) groups is 3. The Morgan fingerprint density at radius 1 is 1.17 bits per heavy atom. The molecule has 0 spiro atoms. The van der Waals surface area contributed by atoms with Gasteiger partial charge in [0.2, 0.25) is 11.8 Å². The van der Waals surface area contributed by atoms with Gasteiger partial charge in [0.05, 0.1) is 18.6 Å². The maximum absolute atomic E-state index is 12.9. The minimum atomic E-state index is -0.876. The van der Waals surface area contributed by atoms with Gasteiger partial charge >= 0.3 is 5.97 Å². The predicted octanol–water partition coefficient (Wildman–Crippen LogP) is 4.90. The van der Waals surface area contributed by atoms with Crippen LogP contribution in [-0.4, -0.2) is 59.5 Å². The molecule has 1 aliphatic rings. The number of amides is 2. The average molecular weight is 583 g/mol. The van der Waals surface area contributed by atoms with Gasteiger partial charge in [-0.1, -0.05) is 56.4 Å². The van der Waals surface area contributed by atoms with Crippen LogP contribution in [0.25, 0.3) is 0 Å². The van der Waals surface area contributed by atoms with Crippen LogP contribution in [0.4, 0.5) is 5.69 Å². The Labute approximate surface area is 249 Å². The molecule has 5 atom stereocenters. The molecule has 0 aromatic heterocycles. The van der Waals surface area contributed by atoms with Gasteiger partial charge in [-0.2, -0.15) is 0 Å². The fraction of sp³-hybridized carbons (Fsp3) is 0.485. The molecule has 0 aliphatic carbocycles. The van der Waals surface area contributed by atoms with Gasteiger partial charge in [0.15, 0.2) is 0 Å². The molecule has 9 heteroatoms. The molecule has 2 rings (SSSR count). The average Bonchev–Trinajstić information content (AvgIpc) is 2.93. The van der Waals surface area contributed by atoms with Crippen molar-refractivity contribution in [3.05, 3.63) is 71.9 Å². The van der Waals surface area contributed by atoms with E-state index in [9.17, 15) is 24.6 Å². The van der Waals surface area contributed by atoms with Crippen molar-refractivity contribution in [1.82, 2.24) is 5.32 Å². The van der Waals surface area contributed by atoms with Crippen molar-refractivity contribution in [1.29, 1.82) is 0 Å². The first-order chi connectivity index (χ1) is 20.0. The van der Waals surface area contributed by atoms with Crippen molar-refractivity contribution in [2.45, 2.75) is 90.6 Å². The Hall–Kier alpha value is -3.69. The molecule has 4 N–H and O–H groups in total. The highest BCUT2D eigenvalue weighted by Crippen LogP contribution is 2.24. The number of methoxy groups -OCH3 is 1. The number of benzene rings is 1. The molecule has 0 saturated heterocycles. The topological polar surface area (TPSA) is 134 Å². The number of aliphatic hydroxyl groups is 1. The van der Waals surface area contributed by atoms with Gasteiger partial charge in [0.25, 0.3) is 0 Å². The van der Waals surface area contributed by atoms with E-state index in [1.807, 2.05) is 45.1 Å². The van der Waals surface area contributed by atoms with Crippen LogP contribution in [0.5, 0.6) is 5.75 Å². The quantitative estimate of drug-likeness (QED) is 0.277. The van der Waals surface area contributed by atoms with Crippen LogP contribution in [0.15, 0.2) is 66.3 Å². The van der Waals surface area contributed by atoms with E-state index in [1.165, 1.54) is 13.2 Å². The van der Waals surface area contributed by atoms with Crippen LogP contribution in [0.2, 0.25) is 0 Å². The molecule has 0 radical (unpaired) electrons. The number of phenolic OH excluding ortho intramolecular Hbond substituents is 1. The van der Waals surface area contributed by atoms with Crippen LogP contribution in [0, 0.1) is 5.92 Å². The second-order valence-corrected chi connectivity index (χ2v) is 10.7. The Morgan fingerprint density at radius 3 is 2.62 bits per heavy atom. The van der Waals surface area contributed by atoms with Gasteiger partial charge in [-0.05, 0) is 56.4 Å². The summed E-state index contributed by atoms with van der Waals surface area (Å²) in [6, 6.07) is 4.13. The summed E-state index contributed by atoms with van der Waals surface area (Å²) in [7, 11) is 1.53. The maximum Gasteiger partial charge on any atom is 0.328 e. The summed E-state index contributed by atoms with van der Waals surface area (Å²) < 4.78 is 11.2. The number of esters is 1. The van der Waals surface area contributed by atoms with Gasteiger partial charge in [0.1, 0.15) is 17.9 Å². The van der Waals surface area contributed by atoms with Crippen molar-refractivity contribution in [2.24, 2.45) is 5.92 Å². The lowest BCUT2D eigenvalue weighted by Crippen LogP contribution is -2.43. The van der Waals surface area contributed by atoms with Gasteiger partial charge in [-0.15, -0.1) is 0 Å². The number of aryl methyl sites for hydroxylation is 1. The van der Waals surface area contributed by atoms with Crippen molar-refractivity contribution < 1.29 is 34.1 Å². The maximum atomic E-state index is 12.9. The Balaban J connectivity index is 2.31. The first-order valence-electron chi connectivity index (χ1n) is 14.5. The van der Waals surface area contributed by atoms with Gasteiger partial charge in [-0.25, -0.2) is 4.79 Å². The first-order valence-corrected chi connectivity index (χ1v) is 14.5. The SMILES string of the molecule is CCCC(=O)N[C@H](C)C(=O)O[C@H]1C/C=C/C=C/C=C/[C@H](OC)CC(=O)Nc2cc(O)cc(c2)CC/C=C(/C)[C@H](O)[C@H]1C. The van der Waals surface area contributed by atoms with Crippen LogP contribution in [-0.2, 0) is 30.3 Å². The fourth-order valence-electron chi connectivity index (χ4n) is 4.55. The summed E-state index contributed by atoms with van der Waals surface area (Å²) in [4.78, 5) is 37.4. The molecular formula is C33H46N2O7. The number of hydrogen-bond donors (Lipinski definition) is 4. The van der Waals surface area contributed by atoms with Crippen molar-refractivity contribution >= 4 is 23.5 Å². The lowest BCUT2D eigenvalue weighted by Gasteiger charge is -2.29. The Kier molecular flexibility index (Phi) is 14.8. The molecule has 0 unspecified atom stereocenters. The first kappa shape index (κ1) is 34.5. The fourth-order valence-corrected chi connectivity index (χ4v) is 4.55. The number of aromatic hydroxyl groups is 1. The number of allylic oxidation sites excluding steroid dienone is 5. The third-order valence-electron chi connectivity index (χ3n) is 7.04. The van der Waals surface area contributed by atoms with Crippen LogP contribution in [0.1, 0.15) is 65.4 Å². The lowest BCUT2D eigenvalue weighted by atomic mass is 9.90. The summed E-state index contributed by atoms with van der Waals surface area (Å²) in [5.74, 6) is -1.41. The molecule has 0 saturated carbocycles. The molecule has 1 aromatic rings. The number of hydrogen-bond acceptors (Lipinski definition) is 7. The standard InChI is InChI=1S/C33H46N2O7/c1-6-13-30(37)34-24(4)33(40)42-29-17-11-9-7-8-10-16-28(41-5)21-31(38)35-26-18-25(19-27(36)20-26)15-12-14-22(2)32(39)23(29)3/h7-11,14,16,18-20,23-24,28-29,32,36,39H,6,12-13,15,17,21H2,1-5H3,(H,34,37)(H,35,38)/b8-7+,11-9+,16-10+,22-14-/t23-,24+,28-,29-,32-/m0/s1. The minimum absolute atomic E-state index is 0.0427. The highest BCUT2D eigenvalue weighted by molar-refractivity contribution is 5.91. The van der Waals surface area contributed by atoms with E-state index in [1.54, 1.807) is 37.3 Å². The van der Waals surface area contributed by atoms with Crippen molar-refractivity contribution in [2.75, 3.05) is 12.4 Å². The van der Waals surface area contributed by atoms with Gasteiger partial charge < -0.3 is 30.3 Å². The Morgan fingerprint density at radius 2 is 1.90 bits per heavy atom. The second kappa shape index (κ2) is 18.0. The number of ether oxygens (including phenoxy) is 2. The number of rotatable bonds is 6. The summed E-state index contributed by atoms with van der Waals surface area (Å²) in [5.41, 5.74) is 2.04. The number of aliphatic hydroxyl groups excluding tert-OH is 1. The normalized spacial score (nSPS) is 26.7. The highest BCUT2D eigenvalue weighted by atomic mass is 16.5. The van der Waals surface area contributed by atoms with Crippen LogP contribution in [0.3, 0.4) is 0 Å². The highest BCUT2D eigenvalue weighted by Gasteiger charge is 2.29. The number of fused-ring (bicyclic) bond motifs is 2. The number of carbonyl (C=O) groups excluding carboxylic acids is 3. The summed E-state index contributed by atoms with van der Waals surface area (Å²) in [6.45, 7) is 7.13. The van der Waals surface area contributed by atoms with E-state index < -0.39 is 36.2 Å². The summed E-state index contributed by atoms with van der Waals surface area (Å²) in [6.07, 6.45) is 13.4. The monoisotopic (exact) mass is 582 g/mol.